The second kappa shape index (κ2) is 9.51. The highest BCUT2D eigenvalue weighted by Crippen LogP contribution is 2.30. The van der Waals surface area contributed by atoms with Crippen molar-refractivity contribution in [1.29, 1.82) is 0 Å². The molecule has 0 saturated carbocycles. The van der Waals surface area contributed by atoms with Gasteiger partial charge in [0.15, 0.2) is 11.7 Å². The van der Waals surface area contributed by atoms with Gasteiger partial charge >= 0.3 is 6.18 Å². The zero-order valence-electron chi connectivity index (χ0n) is 14.7. The summed E-state index contributed by atoms with van der Waals surface area (Å²) in [7, 11) is 0. The molecule has 0 amide bonds. The van der Waals surface area contributed by atoms with E-state index in [2.05, 4.69) is 25.6 Å². The van der Waals surface area contributed by atoms with E-state index in [1.54, 1.807) is 6.20 Å². The Hall–Kier alpha value is -2.16. The number of alkyl halides is 3. The van der Waals surface area contributed by atoms with Crippen LogP contribution in [-0.4, -0.2) is 35.6 Å². The lowest BCUT2D eigenvalue weighted by Crippen LogP contribution is -2.38. The number of aromatic nitrogens is 2. The van der Waals surface area contributed by atoms with Crippen LogP contribution in [0.1, 0.15) is 28.8 Å². The fourth-order valence-corrected chi connectivity index (χ4v) is 3.05. The van der Waals surface area contributed by atoms with Crippen molar-refractivity contribution >= 4 is 17.3 Å². The highest BCUT2D eigenvalue weighted by atomic mass is 32.1. The number of guanidine groups is 1. The number of nitrogens with zero attached hydrogens (tertiary/aromatic N) is 3. The average molecular weight is 385 g/mol. The quantitative estimate of drug-likeness (QED) is 0.568. The second-order valence-electron chi connectivity index (χ2n) is 5.61. The molecule has 0 aliphatic rings. The van der Waals surface area contributed by atoms with Crippen molar-refractivity contribution in [3.8, 4) is 0 Å². The number of aliphatic imine (C=N–C) groups is 1. The van der Waals surface area contributed by atoms with Crippen molar-refractivity contribution in [3.63, 3.8) is 0 Å². The Morgan fingerprint density at radius 2 is 2.08 bits per heavy atom. The van der Waals surface area contributed by atoms with Crippen LogP contribution in [0.2, 0.25) is 0 Å². The summed E-state index contributed by atoms with van der Waals surface area (Å²) in [5.41, 5.74) is 1.52. The van der Waals surface area contributed by atoms with Gasteiger partial charge in [-0.25, -0.2) is 4.98 Å². The smallest absolute Gasteiger partial charge is 0.357 e. The van der Waals surface area contributed by atoms with Gasteiger partial charge in [-0.05, 0) is 37.5 Å². The van der Waals surface area contributed by atoms with Crippen LogP contribution in [0.4, 0.5) is 13.2 Å². The molecule has 0 spiro atoms. The Kier molecular flexibility index (Phi) is 7.38. The SMILES string of the molecule is CCNC(=NCCc1nc(C(F)(F)F)cs1)NCCc1ccncc1C. The Morgan fingerprint density at radius 1 is 1.27 bits per heavy atom. The third-order valence-electron chi connectivity index (χ3n) is 3.61. The standard InChI is InChI=1S/C17H22F3N5S/c1-3-22-16(23-8-5-13-4-7-21-10-12(13)2)24-9-6-15-25-14(11-26-15)17(18,19)20/h4,7,10-11H,3,5-6,8-9H2,1-2H3,(H2,22,23,24). The van der Waals surface area contributed by atoms with Crippen LogP contribution in [0.5, 0.6) is 0 Å². The van der Waals surface area contributed by atoms with Crippen LogP contribution >= 0.6 is 11.3 Å². The summed E-state index contributed by atoms with van der Waals surface area (Å²) in [5.74, 6) is 0.645. The molecule has 142 valence electrons. The molecule has 9 heteroatoms. The molecule has 0 aliphatic heterocycles. The van der Waals surface area contributed by atoms with Gasteiger partial charge in [0.05, 0.1) is 5.01 Å². The van der Waals surface area contributed by atoms with Crippen molar-refractivity contribution in [3.05, 3.63) is 45.7 Å². The molecular formula is C17H22F3N5S. The second-order valence-corrected chi connectivity index (χ2v) is 6.56. The number of hydrogen-bond donors (Lipinski definition) is 2. The van der Waals surface area contributed by atoms with Crippen molar-refractivity contribution < 1.29 is 13.2 Å². The first kappa shape index (κ1) is 20.2. The lowest BCUT2D eigenvalue weighted by molar-refractivity contribution is -0.140. The molecule has 5 nitrogen and oxygen atoms in total. The Labute approximate surface area is 154 Å². The van der Waals surface area contributed by atoms with Gasteiger partial charge in [0.25, 0.3) is 0 Å². The topological polar surface area (TPSA) is 62.2 Å². The monoisotopic (exact) mass is 385 g/mol. The largest absolute Gasteiger partial charge is 0.434 e. The van der Waals surface area contributed by atoms with E-state index >= 15 is 0 Å². The first-order chi connectivity index (χ1) is 12.4. The fourth-order valence-electron chi connectivity index (χ4n) is 2.26. The molecule has 0 atom stereocenters. The molecule has 0 bridgehead atoms. The maximum absolute atomic E-state index is 12.6. The molecule has 2 rings (SSSR count). The molecule has 0 radical (unpaired) electrons. The van der Waals surface area contributed by atoms with E-state index in [1.165, 1.54) is 5.56 Å². The number of rotatable bonds is 7. The Bertz CT molecular complexity index is 727. The molecule has 2 heterocycles. The summed E-state index contributed by atoms with van der Waals surface area (Å²) in [6.07, 6.45) is 0.420. The van der Waals surface area contributed by atoms with Gasteiger partial charge in [-0.15, -0.1) is 11.3 Å². The number of halogens is 3. The number of nitrogens with one attached hydrogen (secondary N) is 2. The normalized spacial score (nSPS) is 12.3. The number of thiazole rings is 1. The molecule has 26 heavy (non-hydrogen) atoms. The van der Waals surface area contributed by atoms with Gasteiger partial charge in [-0.2, -0.15) is 13.2 Å². The van der Waals surface area contributed by atoms with Crippen molar-refractivity contribution in [2.45, 2.75) is 32.9 Å². The minimum absolute atomic E-state index is 0.369. The van der Waals surface area contributed by atoms with Crippen LogP contribution in [0.3, 0.4) is 0 Å². The summed E-state index contributed by atoms with van der Waals surface area (Å²) in [6, 6.07) is 1.99. The lowest BCUT2D eigenvalue weighted by atomic mass is 10.1. The summed E-state index contributed by atoms with van der Waals surface area (Å²) in [5, 5.41) is 7.84. The molecule has 2 aromatic rings. The summed E-state index contributed by atoms with van der Waals surface area (Å²) >= 11 is 1.01. The van der Waals surface area contributed by atoms with E-state index in [-0.39, 0.29) is 0 Å². The summed E-state index contributed by atoms with van der Waals surface area (Å²) < 4.78 is 37.7. The van der Waals surface area contributed by atoms with E-state index in [1.807, 2.05) is 26.1 Å². The molecular weight excluding hydrogens is 363 g/mol. The number of pyridine rings is 1. The van der Waals surface area contributed by atoms with Crippen molar-refractivity contribution in [1.82, 2.24) is 20.6 Å². The highest BCUT2D eigenvalue weighted by molar-refractivity contribution is 7.09. The summed E-state index contributed by atoms with van der Waals surface area (Å²) in [6.45, 7) is 5.75. The third-order valence-corrected chi connectivity index (χ3v) is 4.51. The highest BCUT2D eigenvalue weighted by Gasteiger charge is 2.33. The van der Waals surface area contributed by atoms with Crippen LogP contribution in [-0.2, 0) is 19.0 Å². The zero-order valence-corrected chi connectivity index (χ0v) is 15.5. The first-order valence-corrected chi connectivity index (χ1v) is 9.21. The van der Waals surface area contributed by atoms with E-state index in [0.29, 0.717) is 37.0 Å². The third kappa shape index (κ3) is 6.29. The average Bonchev–Trinajstić information content (AvgIpc) is 3.06. The molecule has 2 aromatic heterocycles. The molecule has 0 saturated heterocycles. The van der Waals surface area contributed by atoms with Crippen molar-refractivity contribution in [2.24, 2.45) is 4.99 Å². The predicted octanol–water partition coefficient (Wildman–Crippen LogP) is 3.21. The van der Waals surface area contributed by atoms with E-state index in [4.69, 9.17) is 0 Å². The van der Waals surface area contributed by atoms with Gasteiger partial charge in [0.2, 0.25) is 0 Å². The van der Waals surface area contributed by atoms with E-state index < -0.39 is 11.9 Å². The van der Waals surface area contributed by atoms with Crippen LogP contribution in [0.25, 0.3) is 0 Å². The van der Waals surface area contributed by atoms with Crippen molar-refractivity contribution in [2.75, 3.05) is 19.6 Å². The maximum Gasteiger partial charge on any atom is 0.434 e. The minimum Gasteiger partial charge on any atom is -0.357 e. The Balaban J connectivity index is 1.84. The van der Waals surface area contributed by atoms with Gasteiger partial charge in [0, 0.05) is 43.8 Å². The molecule has 2 N–H and O–H groups in total. The van der Waals surface area contributed by atoms with Gasteiger partial charge in [0.1, 0.15) is 0 Å². The number of hydrogen-bond acceptors (Lipinski definition) is 4. The lowest BCUT2D eigenvalue weighted by Gasteiger charge is -2.12. The predicted molar refractivity (Wildman–Crippen MR) is 97.5 cm³/mol. The van der Waals surface area contributed by atoms with Crippen LogP contribution < -0.4 is 10.6 Å². The fraction of sp³-hybridized carbons (Fsp3) is 0.471. The zero-order chi connectivity index (χ0) is 19.0. The van der Waals surface area contributed by atoms with E-state index in [0.717, 1.165) is 28.7 Å². The molecule has 0 aliphatic carbocycles. The first-order valence-electron chi connectivity index (χ1n) is 8.33. The molecule has 0 fully saturated rings. The maximum atomic E-state index is 12.6. The van der Waals surface area contributed by atoms with Gasteiger partial charge in [-0.1, -0.05) is 0 Å². The molecule has 0 unspecified atom stereocenters. The van der Waals surface area contributed by atoms with Crippen LogP contribution in [0.15, 0.2) is 28.8 Å². The van der Waals surface area contributed by atoms with Crippen LogP contribution in [0, 0.1) is 6.92 Å². The number of aryl methyl sites for hydroxylation is 1. The molecule has 0 aromatic carbocycles. The van der Waals surface area contributed by atoms with Gasteiger partial charge < -0.3 is 10.6 Å². The van der Waals surface area contributed by atoms with E-state index in [9.17, 15) is 13.2 Å². The Morgan fingerprint density at radius 3 is 2.73 bits per heavy atom. The van der Waals surface area contributed by atoms with Gasteiger partial charge in [-0.3, -0.25) is 9.98 Å². The minimum atomic E-state index is -4.39. The summed E-state index contributed by atoms with van der Waals surface area (Å²) in [4.78, 5) is 12.1.